The van der Waals surface area contributed by atoms with Crippen molar-refractivity contribution < 1.29 is 4.79 Å². The van der Waals surface area contributed by atoms with E-state index in [1.807, 2.05) is 17.2 Å². The lowest BCUT2D eigenvalue weighted by Crippen LogP contribution is -2.27. The lowest BCUT2D eigenvalue weighted by atomic mass is 9.95. The van der Waals surface area contributed by atoms with Crippen LogP contribution in [-0.4, -0.2) is 45.1 Å². The fourth-order valence-electron chi connectivity index (χ4n) is 4.11. The second kappa shape index (κ2) is 7.42. The Morgan fingerprint density at radius 3 is 2.80 bits per heavy atom. The molecule has 6 nitrogen and oxygen atoms in total. The number of anilines is 1. The number of rotatable bonds is 5. The molecule has 3 heterocycles. The monoisotopic (exact) mass is 341 g/mol. The fourth-order valence-corrected chi connectivity index (χ4v) is 4.11. The van der Waals surface area contributed by atoms with Crippen molar-refractivity contribution in [3.05, 3.63) is 18.0 Å². The molecule has 25 heavy (non-hydrogen) atoms. The molecule has 2 aliphatic rings. The number of H-pyrrole nitrogens is 1. The van der Waals surface area contributed by atoms with Crippen LogP contribution in [0.4, 0.5) is 5.82 Å². The van der Waals surface area contributed by atoms with Crippen molar-refractivity contribution >= 4 is 22.6 Å². The van der Waals surface area contributed by atoms with Gasteiger partial charge in [0, 0.05) is 37.4 Å². The molecule has 0 bridgehead atoms. The summed E-state index contributed by atoms with van der Waals surface area (Å²) in [5.41, 5.74) is 1.95. The number of nitrogens with one attached hydrogen (secondary N) is 2. The molecule has 0 aromatic carbocycles. The van der Waals surface area contributed by atoms with Gasteiger partial charge in [-0.2, -0.15) is 5.10 Å². The highest BCUT2D eigenvalue weighted by Gasteiger charge is 2.20. The summed E-state index contributed by atoms with van der Waals surface area (Å²) in [6, 6.07) is 2.43. The third-order valence-corrected chi connectivity index (χ3v) is 5.54. The van der Waals surface area contributed by atoms with Gasteiger partial charge in [0.1, 0.15) is 5.82 Å². The first-order valence-electron chi connectivity index (χ1n) is 9.67. The Kier molecular flexibility index (Phi) is 4.85. The summed E-state index contributed by atoms with van der Waals surface area (Å²) in [5, 5.41) is 12.2. The number of carbonyl (C=O) groups is 1. The maximum Gasteiger partial charge on any atom is 0.222 e. The average molecular weight is 341 g/mol. The smallest absolute Gasteiger partial charge is 0.222 e. The Bertz CT molecular complexity index is 728. The van der Waals surface area contributed by atoms with Gasteiger partial charge in [0.2, 0.25) is 5.91 Å². The van der Waals surface area contributed by atoms with Gasteiger partial charge >= 0.3 is 0 Å². The summed E-state index contributed by atoms with van der Waals surface area (Å²) in [6.45, 7) is 1.83. The molecule has 4 rings (SSSR count). The third kappa shape index (κ3) is 3.62. The number of aromatic amines is 1. The van der Waals surface area contributed by atoms with Gasteiger partial charge in [0.15, 0.2) is 0 Å². The number of aryl methyl sites for hydroxylation is 1. The van der Waals surface area contributed by atoms with Crippen molar-refractivity contribution in [1.82, 2.24) is 20.1 Å². The first-order chi connectivity index (χ1) is 12.3. The van der Waals surface area contributed by atoms with Crippen LogP contribution in [0.1, 0.15) is 57.1 Å². The van der Waals surface area contributed by atoms with Gasteiger partial charge in [-0.3, -0.25) is 9.89 Å². The molecule has 1 amide bonds. The van der Waals surface area contributed by atoms with E-state index in [-0.39, 0.29) is 5.91 Å². The van der Waals surface area contributed by atoms with Gasteiger partial charge in [-0.15, -0.1) is 0 Å². The average Bonchev–Trinajstić information content (AvgIpc) is 3.31. The maximum absolute atomic E-state index is 12.3. The normalized spacial score (nSPS) is 18.8. The largest absolute Gasteiger partial charge is 0.367 e. The predicted molar refractivity (Wildman–Crippen MR) is 98.5 cm³/mol. The Morgan fingerprint density at radius 2 is 2.00 bits per heavy atom. The van der Waals surface area contributed by atoms with Crippen LogP contribution in [0.15, 0.2) is 12.3 Å². The van der Waals surface area contributed by atoms with Gasteiger partial charge in [-0.1, -0.05) is 19.3 Å². The summed E-state index contributed by atoms with van der Waals surface area (Å²) >= 11 is 0. The Labute approximate surface area is 148 Å². The minimum absolute atomic E-state index is 0.255. The number of pyridine rings is 1. The zero-order valence-corrected chi connectivity index (χ0v) is 14.8. The van der Waals surface area contributed by atoms with Gasteiger partial charge in [0.05, 0.1) is 10.9 Å². The van der Waals surface area contributed by atoms with Crippen molar-refractivity contribution in [3.8, 4) is 0 Å². The number of fused-ring (bicyclic) bond motifs is 1. The van der Waals surface area contributed by atoms with E-state index in [4.69, 9.17) is 0 Å². The zero-order valence-electron chi connectivity index (χ0n) is 14.8. The first kappa shape index (κ1) is 16.4. The molecular formula is C19H27N5O. The molecule has 1 aliphatic carbocycles. The molecule has 134 valence electrons. The van der Waals surface area contributed by atoms with Crippen LogP contribution in [0.5, 0.6) is 0 Å². The molecule has 0 spiro atoms. The standard InChI is InChI=1S/C19H27N5O/c25-17(24-12-4-5-13-24)9-8-15-18-16(23-22-15)10-11-20-19(18)21-14-6-2-1-3-7-14/h10-11,14H,1-9,12-13H2,(H,20,21)(H,22,23). The lowest BCUT2D eigenvalue weighted by Gasteiger charge is -2.23. The van der Waals surface area contributed by atoms with E-state index in [1.54, 1.807) is 0 Å². The molecular weight excluding hydrogens is 314 g/mol. The number of aromatic nitrogens is 3. The molecule has 6 heteroatoms. The molecule has 1 saturated carbocycles. The summed E-state index contributed by atoms with van der Waals surface area (Å²) in [5.74, 6) is 1.17. The van der Waals surface area contributed by atoms with Gasteiger partial charge < -0.3 is 10.2 Å². The SMILES string of the molecule is O=C(CCc1[nH]nc2ccnc(NC3CCCCC3)c12)N1CCCC1. The minimum atomic E-state index is 0.255. The molecule has 1 aliphatic heterocycles. The second-order valence-electron chi connectivity index (χ2n) is 7.32. The lowest BCUT2D eigenvalue weighted by molar-refractivity contribution is -0.130. The number of hydrogen-bond donors (Lipinski definition) is 2. The van der Waals surface area contributed by atoms with Crippen molar-refractivity contribution in [2.24, 2.45) is 0 Å². The van der Waals surface area contributed by atoms with Crippen molar-refractivity contribution in [3.63, 3.8) is 0 Å². The Balaban J connectivity index is 1.49. The van der Waals surface area contributed by atoms with Gasteiger partial charge in [0.25, 0.3) is 0 Å². The Morgan fingerprint density at radius 1 is 1.20 bits per heavy atom. The summed E-state index contributed by atoms with van der Waals surface area (Å²) in [7, 11) is 0. The number of likely N-dealkylation sites (tertiary alicyclic amines) is 1. The van der Waals surface area contributed by atoms with E-state index >= 15 is 0 Å². The highest BCUT2D eigenvalue weighted by atomic mass is 16.2. The van der Waals surface area contributed by atoms with Crippen molar-refractivity contribution in [1.29, 1.82) is 0 Å². The van der Waals surface area contributed by atoms with Crippen LogP contribution in [0.2, 0.25) is 0 Å². The first-order valence-corrected chi connectivity index (χ1v) is 9.67. The summed E-state index contributed by atoms with van der Waals surface area (Å²) < 4.78 is 0. The maximum atomic E-state index is 12.3. The van der Waals surface area contributed by atoms with Crippen LogP contribution < -0.4 is 5.32 Å². The summed E-state index contributed by atoms with van der Waals surface area (Å²) in [6.07, 6.45) is 11.6. The van der Waals surface area contributed by atoms with Crippen LogP contribution in [0.25, 0.3) is 10.9 Å². The number of nitrogens with zero attached hydrogens (tertiary/aromatic N) is 3. The van der Waals surface area contributed by atoms with Crippen LogP contribution >= 0.6 is 0 Å². The van der Waals surface area contributed by atoms with E-state index < -0.39 is 0 Å². The topological polar surface area (TPSA) is 73.9 Å². The quantitative estimate of drug-likeness (QED) is 0.875. The third-order valence-electron chi connectivity index (χ3n) is 5.54. The van der Waals surface area contributed by atoms with Crippen LogP contribution in [0.3, 0.4) is 0 Å². The molecule has 2 N–H and O–H groups in total. The van der Waals surface area contributed by atoms with E-state index in [9.17, 15) is 4.79 Å². The zero-order chi connectivity index (χ0) is 17.1. The summed E-state index contributed by atoms with van der Waals surface area (Å²) in [4.78, 5) is 18.9. The molecule has 1 saturated heterocycles. The highest BCUT2D eigenvalue weighted by molar-refractivity contribution is 5.92. The highest BCUT2D eigenvalue weighted by Crippen LogP contribution is 2.27. The fraction of sp³-hybridized carbons (Fsp3) is 0.632. The molecule has 2 aromatic heterocycles. The number of carbonyl (C=O) groups excluding carboxylic acids is 1. The minimum Gasteiger partial charge on any atom is -0.367 e. The van der Waals surface area contributed by atoms with Crippen LogP contribution in [-0.2, 0) is 11.2 Å². The van der Waals surface area contributed by atoms with Gasteiger partial charge in [-0.25, -0.2) is 4.98 Å². The van der Waals surface area contributed by atoms with E-state index in [0.717, 1.165) is 48.3 Å². The van der Waals surface area contributed by atoms with E-state index in [0.29, 0.717) is 18.9 Å². The Hall–Kier alpha value is -2.11. The molecule has 0 unspecified atom stereocenters. The molecule has 2 fully saturated rings. The molecule has 0 atom stereocenters. The van der Waals surface area contributed by atoms with Crippen LogP contribution in [0, 0.1) is 0 Å². The molecule has 0 radical (unpaired) electrons. The van der Waals surface area contributed by atoms with Crippen molar-refractivity contribution in [2.45, 2.75) is 63.8 Å². The van der Waals surface area contributed by atoms with Gasteiger partial charge in [-0.05, 0) is 38.2 Å². The number of hydrogen-bond acceptors (Lipinski definition) is 4. The van der Waals surface area contributed by atoms with Crippen molar-refractivity contribution in [2.75, 3.05) is 18.4 Å². The van der Waals surface area contributed by atoms with E-state index in [2.05, 4.69) is 20.5 Å². The number of amides is 1. The van der Waals surface area contributed by atoms with E-state index in [1.165, 1.54) is 32.1 Å². The molecule has 2 aromatic rings. The predicted octanol–water partition coefficient (Wildman–Crippen LogP) is 3.26. The second-order valence-corrected chi connectivity index (χ2v) is 7.32.